The van der Waals surface area contributed by atoms with Gasteiger partial charge in [0.1, 0.15) is 0 Å². The monoisotopic (exact) mass is 303 g/mol. The van der Waals surface area contributed by atoms with Crippen molar-refractivity contribution < 1.29 is 9.84 Å². The Kier molecular flexibility index (Phi) is 3.79. The lowest BCUT2D eigenvalue weighted by molar-refractivity contribution is 0.229. The lowest BCUT2D eigenvalue weighted by atomic mass is 10.1. The van der Waals surface area contributed by atoms with Crippen molar-refractivity contribution in [3.63, 3.8) is 0 Å². The van der Waals surface area contributed by atoms with E-state index in [1.807, 2.05) is 22.1 Å². The first kappa shape index (κ1) is 13.9. The van der Waals surface area contributed by atoms with E-state index in [-0.39, 0.29) is 16.8 Å². The summed E-state index contributed by atoms with van der Waals surface area (Å²) in [5.41, 5.74) is 1.10. The zero-order chi connectivity index (χ0) is 14.8. The average molecular weight is 303 g/mol. The van der Waals surface area contributed by atoms with Crippen LogP contribution in [0.5, 0.6) is 0 Å². The van der Waals surface area contributed by atoms with Crippen molar-refractivity contribution in [3.05, 3.63) is 44.3 Å². The van der Waals surface area contributed by atoms with Gasteiger partial charge in [0.25, 0.3) is 0 Å². The molecule has 0 spiro atoms. The molecular weight excluding hydrogens is 286 g/mol. The van der Waals surface area contributed by atoms with Crippen molar-refractivity contribution >= 4 is 23.4 Å². The highest BCUT2D eigenvalue weighted by atomic mass is 32.1. The molecule has 2 heterocycles. The highest BCUT2D eigenvalue weighted by molar-refractivity contribution is 7.09. The van der Waals surface area contributed by atoms with Crippen LogP contribution >= 0.6 is 11.3 Å². The second kappa shape index (κ2) is 5.73. The van der Waals surface area contributed by atoms with Crippen LogP contribution in [0.2, 0.25) is 0 Å². The van der Waals surface area contributed by atoms with E-state index in [1.165, 1.54) is 12.0 Å². The maximum Gasteiger partial charge on any atom is 0.307 e. The fourth-order valence-corrected chi connectivity index (χ4v) is 3.23. The van der Waals surface area contributed by atoms with Crippen LogP contribution < -0.4 is 16.2 Å². The van der Waals surface area contributed by atoms with Crippen molar-refractivity contribution in [1.29, 1.82) is 5.41 Å². The molecule has 110 valence electrons. The Labute approximate surface area is 126 Å². The minimum atomic E-state index is -0.298. The van der Waals surface area contributed by atoms with E-state index in [9.17, 15) is 5.11 Å². The molecule has 0 radical (unpaired) electrons. The summed E-state index contributed by atoms with van der Waals surface area (Å²) in [5, 5.41) is 21.4. The van der Waals surface area contributed by atoms with Gasteiger partial charge in [-0.2, -0.15) is 0 Å². The molecule has 0 aromatic carbocycles. The summed E-state index contributed by atoms with van der Waals surface area (Å²) in [6.45, 7) is 0.613. The number of thiophene rings is 1. The van der Waals surface area contributed by atoms with Gasteiger partial charge < -0.3 is 14.4 Å². The molecule has 21 heavy (non-hydrogen) atoms. The molecule has 0 saturated carbocycles. The van der Waals surface area contributed by atoms with Crippen molar-refractivity contribution in [1.82, 2.24) is 9.55 Å². The number of rotatable bonds is 3. The van der Waals surface area contributed by atoms with E-state index < -0.39 is 0 Å². The number of ether oxygens (including phenoxy) is 1. The Morgan fingerprint density at radius 3 is 3.14 bits per heavy atom. The SMILES string of the molecule is CO/C(O)=c1\nc2c(n(Cc3cccs3)c1=N)=CCCC2. The molecule has 0 atom stereocenters. The molecule has 3 rings (SSSR count). The second-order valence-electron chi connectivity index (χ2n) is 4.91. The summed E-state index contributed by atoms with van der Waals surface area (Å²) in [7, 11) is 1.38. The van der Waals surface area contributed by atoms with Gasteiger partial charge in [-0.25, -0.2) is 4.98 Å². The highest BCUT2D eigenvalue weighted by Gasteiger charge is 2.12. The van der Waals surface area contributed by atoms with Crippen molar-refractivity contribution in [2.45, 2.75) is 25.8 Å². The molecule has 2 aromatic heterocycles. The number of aryl methyl sites for hydroxylation is 1. The van der Waals surface area contributed by atoms with Gasteiger partial charge in [-0.05, 0) is 30.7 Å². The minimum absolute atomic E-state index is 0.180. The number of hydrogen-bond donors (Lipinski definition) is 2. The average Bonchev–Trinajstić information content (AvgIpc) is 3.02. The normalized spacial score (nSPS) is 15.1. The molecule has 0 amide bonds. The van der Waals surface area contributed by atoms with Gasteiger partial charge in [-0.15, -0.1) is 11.3 Å². The van der Waals surface area contributed by atoms with Crippen LogP contribution in [0, 0.1) is 5.41 Å². The first-order chi connectivity index (χ1) is 10.2. The van der Waals surface area contributed by atoms with Gasteiger partial charge in [0.15, 0.2) is 10.8 Å². The van der Waals surface area contributed by atoms with Crippen LogP contribution in [0.1, 0.15) is 23.4 Å². The van der Waals surface area contributed by atoms with Crippen molar-refractivity contribution in [2.24, 2.45) is 0 Å². The first-order valence-corrected chi connectivity index (χ1v) is 7.73. The standard InChI is InChI=1S/C15H17N3O2S/c1-20-15(19)13-14(16)18(9-10-5-4-8-21-10)12-7-3-2-6-11(12)17-13/h4-5,7-8,16,19H,2-3,6,9H2,1H3/b15-13-,16-14?. The van der Waals surface area contributed by atoms with E-state index in [0.717, 1.165) is 30.3 Å². The summed E-state index contributed by atoms with van der Waals surface area (Å²) < 4.78 is 6.77. The van der Waals surface area contributed by atoms with Gasteiger partial charge in [-0.1, -0.05) is 12.1 Å². The summed E-state index contributed by atoms with van der Waals surface area (Å²) >= 11 is 1.66. The van der Waals surface area contributed by atoms with Crippen LogP contribution in [0.25, 0.3) is 12.0 Å². The van der Waals surface area contributed by atoms with E-state index in [1.54, 1.807) is 11.3 Å². The van der Waals surface area contributed by atoms with Gasteiger partial charge in [0.2, 0.25) is 0 Å². The summed E-state index contributed by atoms with van der Waals surface area (Å²) in [5.74, 6) is -0.298. The quantitative estimate of drug-likeness (QED) is 0.883. The number of nitrogens with zero attached hydrogens (tertiary/aromatic N) is 2. The Hall–Kier alpha value is -2.08. The Balaban J connectivity index is 2.29. The Bertz CT molecular complexity index is 822. The van der Waals surface area contributed by atoms with Crippen molar-refractivity contribution in [3.8, 4) is 0 Å². The lowest BCUT2D eigenvalue weighted by Crippen LogP contribution is -2.49. The summed E-state index contributed by atoms with van der Waals surface area (Å²) in [4.78, 5) is 5.60. The third kappa shape index (κ3) is 2.58. The first-order valence-electron chi connectivity index (χ1n) is 6.85. The topological polar surface area (TPSA) is 71.1 Å². The number of aliphatic hydroxyl groups is 1. The Morgan fingerprint density at radius 1 is 1.57 bits per heavy atom. The number of nitrogens with one attached hydrogen (secondary N) is 1. The van der Waals surface area contributed by atoms with Crippen LogP contribution in [-0.2, 0) is 17.7 Å². The number of methoxy groups -OCH3 is 1. The molecule has 0 bridgehead atoms. The van der Waals surface area contributed by atoms with E-state index >= 15 is 0 Å². The molecule has 2 aromatic rings. The smallest absolute Gasteiger partial charge is 0.307 e. The minimum Gasteiger partial charge on any atom is -0.479 e. The third-order valence-electron chi connectivity index (χ3n) is 3.57. The van der Waals surface area contributed by atoms with Gasteiger partial charge in [0, 0.05) is 4.88 Å². The van der Waals surface area contributed by atoms with Gasteiger partial charge >= 0.3 is 5.95 Å². The van der Waals surface area contributed by atoms with Crippen LogP contribution in [0.15, 0.2) is 17.5 Å². The number of hydrogen-bond acceptors (Lipinski definition) is 5. The molecule has 0 saturated heterocycles. The largest absolute Gasteiger partial charge is 0.479 e. The maximum atomic E-state index is 9.85. The molecule has 5 nitrogen and oxygen atoms in total. The van der Waals surface area contributed by atoms with E-state index in [0.29, 0.717) is 6.54 Å². The third-order valence-corrected chi connectivity index (χ3v) is 4.43. The predicted molar refractivity (Wildman–Crippen MR) is 81.2 cm³/mol. The van der Waals surface area contributed by atoms with Crippen molar-refractivity contribution in [2.75, 3.05) is 7.11 Å². The Morgan fingerprint density at radius 2 is 2.43 bits per heavy atom. The molecule has 6 heteroatoms. The number of fused-ring (bicyclic) bond motifs is 1. The molecule has 0 unspecified atom stereocenters. The summed E-state index contributed by atoms with van der Waals surface area (Å²) in [6, 6.07) is 4.05. The number of aliphatic hydroxyl groups excluding tert-OH is 1. The zero-order valence-corrected chi connectivity index (χ0v) is 12.6. The van der Waals surface area contributed by atoms with Gasteiger partial charge in [-0.3, -0.25) is 5.41 Å². The number of aromatic nitrogens is 2. The molecule has 0 fully saturated rings. The predicted octanol–water partition coefficient (Wildman–Crippen LogP) is 0.859. The molecular formula is C15H17N3O2S. The summed E-state index contributed by atoms with van der Waals surface area (Å²) in [6.07, 6.45) is 5.03. The fourth-order valence-electron chi connectivity index (χ4n) is 2.54. The van der Waals surface area contributed by atoms with E-state index in [2.05, 4.69) is 11.1 Å². The lowest BCUT2D eigenvalue weighted by Gasteiger charge is -2.15. The molecule has 0 aliphatic heterocycles. The maximum absolute atomic E-state index is 9.85. The van der Waals surface area contributed by atoms with E-state index in [4.69, 9.17) is 10.1 Å². The molecule has 1 aliphatic rings. The zero-order valence-electron chi connectivity index (χ0n) is 11.8. The second-order valence-corrected chi connectivity index (χ2v) is 5.94. The molecule has 2 N–H and O–H groups in total. The van der Waals surface area contributed by atoms with Crippen LogP contribution in [0.4, 0.5) is 0 Å². The molecule has 1 aliphatic carbocycles. The van der Waals surface area contributed by atoms with Gasteiger partial charge in [0.05, 0.1) is 24.7 Å². The fraction of sp³-hybridized carbons (Fsp3) is 0.333. The van der Waals surface area contributed by atoms with Crippen LogP contribution in [0.3, 0.4) is 0 Å². The van der Waals surface area contributed by atoms with Crippen LogP contribution in [-0.4, -0.2) is 21.8 Å². The highest BCUT2D eigenvalue weighted by Crippen LogP contribution is 2.09.